The minimum absolute atomic E-state index is 0.198. The van der Waals surface area contributed by atoms with Gasteiger partial charge in [-0.2, -0.15) is 5.90 Å². The van der Waals surface area contributed by atoms with Crippen LogP contribution in [0.5, 0.6) is 0 Å². The van der Waals surface area contributed by atoms with Gasteiger partial charge in [0.1, 0.15) is 0 Å². The predicted octanol–water partition coefficient (Wildman–Crippen LogP) is 2.59. The average Bonchev–Trinajstić information content (AvgIpc) is 2.90. The van der Waals surface area contributed by atoms with Gasteiger partial charge in [-0.3, -0.25) is 0 Å². The molecule has 86 valence electrons. The fourth-order valence-electron chi connectivity index (χ4n) is 1.36. The summed E-state index contributed by atoms with van der Waals surface area (Å²) in [7, 11) is 0. The summed E-state index contributed by atoms with van der Waals surface area (Å²) in [6, 6.07) is 13.0. The molecule has 0 aliphatic heterocycles. The van der Waals surface area contributed by atoms with Gasteiger partial charge in [0.25, 0.3) is 5.90 Å². The highest BCUT2D eigenvalue weighted by Crippen LogP contribution is 2.15. The van der Waals surface area contributed by atoms with Crippen LogP contribution in [0.15, 0.2) is 64.7 Å². The lowest BCUT2D eigenvalue weighted by Crippen LogP contribution is -2.11. The van der Waals surface area contributed by atoms with Crippen LogP contribution in [0.1, 0.15) is 11.3 Å². The quantitative estimate of drug-likeness (QED) is 0.499. The first-order valence-electron chi connectivity index (χ1n) is 5.05. The standard InChI is InChI=1S/C13H12N2O2/c1-10(11-6-3-2-4-7-11)15-13(17-14)12-8-5-9-16-12/h2-9H,1,14H2/b15-13-. The second kappa shape index (κ2) is 5.14. The first kappa shape index (κ1) is 11.2. The molecule has 4 heteroatoms. The van der Waals surface area contributed by atoms with Gasteiger partial charge in [0.2, 0.25) is 0 Å². The van der Waals surface area contributed by atoms with Crippen molar-refractivity contribution in [1.82, 2.24) is 0 Å². The third-order valence-electron chi connectivity index (χ3n) is 2.19. The van der Waals surface area contributed by atoms with Gasteiger partial charge in [0.15, 0.2) is 5.76 Å². The van der Waals surface area contributed by atoms with E-state index in [1.165, 1.54) is 6.26 Å². The van der Waals surface area contributed by atoms with Crippen molar-refractivity contribution in [3.8, 4) is 0 Å². The molecule has 0 aliphatic carbocycles. The van der Waals surface area contributed by atoms with Crippen LogP contribution in [-0.4, -0.2) is 5.90 Å². The Labute approximate surface area is 99.0 Å². The van der Waals surface area contributed by atoms with E-state index in [-0.39, 0.29) is 5.90 Å². The van der Waals surface area contributed by atoms with Gasteiger partial charge in [0.05, 0.1) is 12.0 Å². The number of hydrogen-bond acceptors (Lipinski definition) is 4. The Morgan fingerprint density at radius 1 is 1.18 bits per heavy atom. The normalized spacial score (nSPS) is 11.2. The van der Waals surface area contributed by atoms with Gasteiger partial charge in [-0.05, 0) is 17.7 Å². The molecule has 0 radical (unpaired) electrons. The van der Waals surface area contributed by atoms with E-state index < -0.39 is 0 Å². The maximum Gasteiger partial charge on any atom is 0.280 e. The van der Waals surface area contributed by atoms with E-state index in [1.54, 1.807) is 12.1 Å². The van der Waals surface area contributed by atoms with E-state index in [0.29, 0.717) is 11.5 Å². The maximum absolute atomic E-state index is 5.16. The number of aliphatic imine (C=N–C) groups is 1. The summed E-state index contributed by atoms with van der Waals surface area (Å²) in [5.41, 5.74) is 1.45. The molecule has 0 bridgehead atoms. The van der Waals surface area contributed by atoms with Crippen LogP contribution in [0.25, 0.3) is 5.70 Å². The summed E-state index contributed by atoms with van der Waals surface area (Å²) in [4.78, 5) is 8.87. The molecule has 0 aliphatic rings. The largest absolute Gasteiger partial charge is 0.459 e. The van der Waals surface area contributed by atoms with Crippen molar-refractivity contribution in [3.63, 3.8) is 0 Å². The number of nitrogens with two attached hydrogens (primary N) is 1. The van der Waals surface area contributed by atoms with Gasteiger partial charge in [-0.1, -0.05) is 36.9 Å². The van der Waals surface area contributed by atoms with Crippen LogP contribution < -0.4 is 5.90 Å². The Balaban J connectivity index is 2.26. The molecule has 0 saturated carbocycles. The minimum atomic E-state index is 0.198. The molecule has 0 atom stereocenters. The number of benzene rings is 1. The van der Waals surface area contributed by atoms with E-state index in [0.717, 1.165) is 5.56 Å². The Hall–Kier alpha value is -2.33. The molecule has 2 aromatic rings. The second-order valence-corrected chi connectivity index (χ2v) is 3.32. The van der Waals surface area contributed by atoms with Crippen LogP contribution in [0.4, 0.5) is 0 Å². The van der Waals surface area contributed by atoms with Crippen molar-refractivity contribution in [2.24, 2.45) is 10.9 Å². The van der Waals surface area contributed by atoms with Crippen LogP contribution in [0.2, 0.25) is 0 Å². The molecule has 1 aromatic carbocycles. The molecule has 2 N–H and O–H groups in total. The van der Waals surface area contributed by atoms with Gasteiger partial charge in [-0.15, -0.1) is 0 Å². The van der Waals surface area contributed by atoms with Crippen molar-refractivity contribution < 1.29 is 9.25 Å². The lowest BCUT2D eigenvalue weighted by Gasteiger charge is -2.03. The van der Waals surface area contributed by atoms with E-state index in [9.17, 15) is 0 Å². The summed E-state index contributed by atoms with van der Waals surface area (Å²) in [6.07, 6.45) is 1.52. The van der Waals surface area contributed by atoms with Gasteiger partial charge < -0.3 is 9.25 Å². The average molecular weight is 228 g/mol. The van der Waals surface area contributed by atoms with Gasteiger partial charge >= 0.3 is 0 Å². The van der Waals surface area contributed by atoms with Crippen LogP contribution in [0, 0.1) is 0 Å². The molecular formula is C13H12N2O2. The predicted molar refractivity (Wildman–Crippen MR) is 66.0 cm³/mol. The van der Waals surface area contributed by atoms with Crippen LogP contribution in [-0.2, 0) is 4.84 Å². The molecule has 0 unspecified atom stereocenters. The summed E-state index contributed by atoms with van der Waals surface area (Å²) in [5.74, 6) is 5.82. The van der Waals surface area contributed by atoms with Crippen molar-refractivity contribution in [3.05, 3.63) is 66.6 Å². The van der Waals surface area contributed by atoms with Gasteiger partial charge in [-0.25, -0.2) is 4.99 Å². The fraction of sp³-hybridized carbons (Fsp3) is 0. The van der Waals surface area contributed by atoms with Crippen molar-refractivity contribution in [2.75, 3.05) is 0 Å². The van der Waals surface area contributed by atoms with Crippen molar-refractivity contribution in [2.45, 2.75) is 0 Å². The molecule has 4 nitrogen and oxygen atoms in total. The lowest BCUT2D eigenvalue weighted by atomic mass is 10.2. The van der Waals surface area contributed by atoms with E-state index >= 15 is 0 Å². The molecule has 1 heterocycles. The monoisotopic (exact) mass is 228 g/mol. The van der Waals surface area contributed by atoms with Gasteiger partial charge in [0, 0.05) is 0 Å². The fourth-order valence-corrected chi connectivity index (χ4v) is 1.36. The number of nitrogens with zero attached hydrogens (tertiary/aromatic N) is 1. The topological polar surface area (TPSA) is 60.8 Å². The highest BCUT2D eigenvalue weighted by molar-refractivity contribution is 5.94. The second-order valence-electron chi connectivity index (χ2n) is 3.32. The molecule has 0 amide bonds. The van der Waals surface area contributed by atoms with Crippen LogP contribution >= 0.6 is 0 Å². The Morgan fingerprint density at radius 3 is 2.53 bits per heavy atom. The zero-order valence-electron chi connectivity index (χ0n) is 9.17. The van der Waals surface area contributed by atoms with E-state index in [1.807, 2.05) is 30.3 Å². The van der Waals surface area contributed by atoms with Crippen molar-refractivity contribution >= 4 is 11.6 Å². The van der Waals surface area contributed by atoms with E-state index in [4.69, 9.17) is 10.3 Å². The zero-order chi connectivity index (χ0) is 12.1. The smallest absolute Gasteiger partial charge is 0.280 e. The number of hydrogen-bond donors (Lipinski definition) is 1. The first-order chi connectivity index (χ1) is 8.31. The molecule has 1 aromatic heterocycles. The molecule has 17 heavy (non-hydrogen) atoms. The molecule has 0 fully saturated rings. The summed E-state index contributed by atoms with van der Waals surface area (Å²) < 4.78 is 5.15. The maximum atomic E-state index is 5.16. The first-order valence-corrected chi connectivity index (χ1v) is 5.05. The van der Waals surface area contributed by atoms with E-state index in [2.05, 4.69) is 16.4 Å². The Kier molecular flexibility index (Phi) is 3.37. The summed E-state index contributed by atoms with van der Waals surface area (Å²) >= 11 is 0. The number of rotatable bonds is 3. The summed E-state index contributed by atoms with van der Waals surface area (Å²) in [6.45, 7) is 3.86. The molecule has 0 saturated heterocycles. The lowest BCUT2D eigenvalue weighted by molar-refractivity contribution is 0.313. The SMILES string of the molecule is C=C(/N=C(\ON)c1ccco1)c1ccccc1. The third kappa shape index (κ3) is 2.62. The molecular weight excluding hydrogens is 216 g/mol. The Morgan fingerprint density at radius 2 is 1.94 bits per heavy atom. The number of furan rings is 1. The zero-order valence-corrected chi connectivity index (χ0v) is 9.17. The Bertz CT molecular complexity index is 516. The van der Waals surface area contributed by atoms with Crippen LogP contribution in [0.3, 0.4) is 0 Å². The minimum Gasteiger partial charge on any atom is -0.459 e. The van der Waals surface area contributed by atoms with Crippen molar-refractivity contribution in [1.29, 1.82) is 0 Å². The third-order valence-corrected chi connectivity index (χ3v) is 2.19. The summed E-state index contributed by atoms with van der Waals surface area (Å²) in [5, 5.41) is 0. The highest BCUT2D eigenvalue weighted by atomic mass is 16.6. The molecule has 0 spiro atoms. The molecule has 2 rings (SSSR count). The highest BCUT2D eigenvalue weighted by Gasteiger charge is 2.08.